The lowest BCUT2D eigenvalue weighted by Crippen LogP contribution is -2.56. The van der Waals surface area contributed by atoms with Gasteiger partial charge in [0.25, 0.3) is 5.91 Å². The number of aromatic nitrogens is 2. The van der Waals surface area contributed by atoms with E-state index in [1.807, 2.05) is 0 Å². The number of carbonyl (C=O) groups excluding carboxylic acids is 1. The second-order valence-electron chi connectivity index (χ2n) is 5.98. The van der Waals surface area contributed by atoms with Crippen LogP contribution in [0.15, 0.2) is 6.07 Å². The van der Waals surface area contributed by atoms with Crippen molar-refractivity contribution in [3.63, 3.8) is 0 Å². The Hall–Kier alpha value is -2.19. The van der Waals surface area contributed by atoms with E-state index < -0.39 is 35.1 Å². The summed E-state index contributed by atoms with van der Waals surface area (Å²) in [5, 5.41) is 9.59. The van der Waals surface area contributed by atoms with Gasteiger partial charge in [-0.2, -0.15) is 13.2 Å². The molecule has 0 bridgehead atoms. The van der Waals surface area contributed by atoms with Crippen LogP contribution < -0.4 is 0 Å². The Bertz CT molecular complexity index is 655. The molecule has 1 amide bonds. The average Bonchev–Trinajstić information content (AvgIpc) is 2.52. The van der Waals surface area contributed by atoms with Crippen LogP contribution >= 0.6 is 0 Å². The van der Waals surface area contributed by atoms with Crippen molar-refractivity contribution >= 4 is 11.9 Å². The number of amides is 1. The van der Waals surface area contributed by atoms with Crippen molar-refractivity contribution < 1.29 is 27.9 Å². The SMILES string of the molecule is Cc1cc(C(=O)N(C)C2(C(=O)O)CCCCC2)nc(C(F)(F)F)n1. The highest BCUT2D eigenvalue weighted by Gasteiger charge is 2.46. The Morgan fingerprint density at radius 1 is 1.21 bits per heavy atom. The molecule has 1 aromatic heterocycles. The minimum absolute atomic E-state index is 0.0119. The van der Waals surface area contributed by atoms with Crippen LogP contribution in [0.3, 0.4) is 0 Å². The molecule has 2 rings (SSSR count). The van der Waals surface area contributed by atoms with E-state index in [0.29, 0.717) is 12.8 Å². The lowest BCUT2D eigenvalue weighted by molar-refractivity contribution is -0.151. The number of carbonyl (C=O) groups is 2. The van der Waals surface area contributed by atoms with Gasteiger partial charge in [0, 0.05) is 12.7 Å². The van der Waals surface area contributed by atoms with E-state index >= 15 is 0 Å². The fourth-order valence-electron chi connectivity index (χ4n) is 3.00. The number of alkyl halides is 3. The number of likely N-dealkylation sites (N-methyl/N-ethyl adjacent to an activating group) is 1. The van der Waals surface area contributed by atoms with Crippen molar-refractivity contribution in [1.82, 2.24) is 14.9 Å². The van der Waals surface area contributed by atoms with Crippen LogP contribution in [-0.2, 0) is 11.0 Å². The second-order valence-corrected chi connectivity index (χ2v) is 5.98. The van der Waals surface area contributed by atoms with Gasteiger partial charge in [0.05, 0.1) is 0 Å². The van der Waals surface area contributed by atoms with Crippen molar-refractivity contribution in [2.75, 3.05) is 7.05 Å². The summed E-state index contributed by atoms with van der Waals surface area (Å²) >= 11 is 0. The van der Waals surface area contributed by atoms with Gasteiger partial charge in [-0.15, -0.1) is 0 Å². The molecule has 1 saturated carbocycles. The first-order valence-corrected chi connectivity index (χ1v) is 7.52. The van der Waals surface area contributed by atoms with Crippen LogP contribution in [0.2, 0.25) is 0 Å². The standard InChI is InChI=1S/C15H18F3N3O3/c1-9-8-10(20-12(19-9)15(16,17)18)11(22)21(2)14(13(23)24)6-4-3-5-7-14/h8H,3-7H2,1-2H3,(H,23,24). The van der Waals surface area contributed by atoms with Crippen molar-refractivity contribution in [2.24, 2.45) is 0 Å². The molecule has 1 heterocycles. The van der Waals surface area contributed by atoms with E-state index in [4.69, 9.17) is 0 Å². The van der Waals surface area contributed by atoms with Gasteiger partial charge in [-0.05, 0) is 25.8 Å². The van der Waals surface area contributed by atoms with E-state index in [0.717, 1.165) is 17.4 Å². The second kappa shape index (κ2) is 6.37. The summed E-state index contributed by atoms with van der Waals surface area (Å²) < 4.78 is 38.5. The Balaban J connectivity index is 2.40. The van der Waals surface area contributed by atoms with Crippen LogP contribution in [-0.4, -0.2) is 44.4 Å². The van der Waals surface area contributed by atoms with Crippen molar-refractivity contribution in [2.45, 2.75) is 50.7 Å². The first kappa shape index (κ1) is 18.2. The number of hydrogen-bond acceptors (Lipinski definition) is 4. The van der Waals surface area contributed by atoms with Crippen molar-refractivity contribution in [3.8, 4) is 0 Å². The highest BCUT2D eigenvalue weighted by atomic mass is 19.4. The van der Waals surface area contributed by atoms with Gasteiger partial charge in [-0.1, -0.05) is 19.3 Å². The third-order valence-corrected chi connectivity index (χ3v) is 4.35. The van der Waals surface area contributed by atoms with Gasteiger partial charge in [0.1, 0.15) is 11.2 Å². The van der Waals surface area contributed by atoms with Gasteiger partial charge >= 0.3 is 12.1 Å². The molecule has 0 unspecified atom stereocenters. The molecule has 6 nitrogen and oxygen atoms in total. The van der Waals surface area contributed by atoms with E-state index in [9.17, 15) is 27.9 Å². The molecule has 9 heteroatoms. The summed E-state index contributed by atoms with van der Waals surface area (Å²) in [6, 6.07) is 1.13. The number of carboxylic acids is 1. The average molecular weight is 345 g/mol. The van der Waals surface area contributed by atoms with E-state index in [-0.39, 0.29) is 18.5 Å². The van der Waals surface area contributed by atoms with Crippen LogP contribution in [0.5, 0.6) is 0 Å². The maximum atomic E-state index is 12.8. The normalized spacial score (nSPS) is 17.4. The van der Waals surface area contributed by atoms with Gasteiger partial charge in [0.2, 0.25) is 5.82 Å². The van der Waals surface area contributed by atoms with E-state index in [1.165, 1.54) is 14.0 Å². The predicted molar refractivity (Wildman–Crippen MR) is 77.3 cm³/mol. The number of aliphatic carboxylic acids is 1. The zero-order valence-electron chi connectivity index (χ0n) is 13.4. The Labute approximate surface area is 136 Å². The van der Waals surface area contributed by atoms with Crippen LogP contribution in [0, 0.1) is 6.92 Å². The number of nitrogens with zero attached hydrogens (tertiary/aromatic N) is 3. The molecule has 1 aliphatic rings. The summed E-state index contributed by atoms with van der Waals surface area (Å²) in [5.74, 6) is -3.41. The van der Waals surface area contributed by atoms with E-state index in [1.54, 1.807) is 0 Å². The highest BCUT2D eigenvalue weighted by molar-refractivity contribution is 5.96. The Kier molecular flexibility index (Phi) is 4.82. The van der Waals surface area contributed by atoms with E-state index in [2.05, 4.69) is 9.97 Å². The summed E-state index contributed by atoms with van der Waals surface area (Å²) in [6.07, 6.45) is -2.11. The molecule has 24 heavy (non-hydrogen) atoms. The molecule has 1 fully saturated rings. The maximum absolute atomic E-state index is 12.8. The summed E-state index contributed by atoms with van der Waals surface area (Å²) in [4.78, 5) is 31.9. The molecule has 0 aliphatic heterocycles. The molecule has 0 atom stereocenters. The quantitative estimate of drug-likeness (QED) is 0.910. The zero-order valence-corrected chi connectivity index (χ0v) is 13.4. The van der Waals surface area contributed by atoms with Gasteiger partial charge in [-0.3, -0.25) is 4.79 Å². The van der Waals surface area contributed by atoms with Crippen LogP contribution in [0.25, 0.3) is 0 Å². The predicted octanol–water partition coefficient (Wildman–Crippen LogP) is 2.66. The minimum Gasteiger partial charge on any atom is -0.479 e. The number of hydrogen-bond donors (Lipinski definition) is 1. The maximum Gasteiger partial charge on any atom is 0.451 e. The third-order valence-electron chi connectivity index (χ3n) is 4.35. The van der Waals surface area contributed by atoms with Gasteiger partial charge in [0.15, 0.2) is 0 Å². The molecule has 0 spiro atoms. The zero-order chi connectivity index (χ0) is 18.1. The van der Waals surface area contributed by atoms with Gasteiger partial charge < -0.3 is 10.0 Å². The summed E-state index contributed by atoms with van der Waals surface area (Å²) in [5.41, 5.74) is -1.88. The molecule has 1 aromatic rings. The Morgan fingerprint density at radius 2 is 1.79 bits per heavy atom. The number of aryl methyl sites for hydroxylation is 1. The largest absolute Gasteiger partial charge is 0.479 e. The molecule has 1 N–H and O–H groups in total. The van der Waals surface area contributed by atoms with Crippen LogP contribution in [0.4, 0.5) is 13.2 Å². The number of halogens is 3. The molecule has 132 valence electrons. The fourth-order valence-corrected chi connectivity index (χ4v) is 3.00. The van der Waals surface area contributed by atoms with Crippen molar-refractivity contribution in [1.29, 1.82) is 0 Å². The molecular weight excluding hydrogens is 327 g/mol. The summed E-state index contributed by atoms with van der Waals surface area (Å²) in [7, 11) is 1.30. The lowest BCUT2D eigenvalue weighted by Gasteiger charge is -2.40. The molecule has 1 aliphatic carbocycles. The molecule has 0 aromatic carbocycles. The molecular formula is C15H18F3N3O3. The minimum atomic E-state index is -4.78. The molecule has 0 radical (unpaired) electrons. The smallest absolute Gasteiger partial charge is 0.451 e. The van der Waals surface area contributed by atoms with Gasteiger partial charge in [-0.25, -0.2) is 14.8 Å². The number of carboxylic acid groups (broad SMARTS) is 1. The first-order chi connectivity index (χ1) is 11.1. The monoisotopic (exact) mass is 345 g/mol. The lowest BCUT2D eigenvalue weighted by atomic mass is 9.80. The third kappa shape index (κ3) is 3.34. The summed E-state index contributed by atoms with van der Waals surface area (Å²) in [6.45, 7) is 1.32. The van der Waals surface area contributed by atoms with Crippen LogP contribution in [0.1, 0.15) is 54.1 Å². The van der Waals surface area contributed by atoms with Crippen molar-refractivity contribution in [3.05, 3.63) is 23.3 Å². The number of rotatable bonds is 3. The highest BCUT2D eigenvalue weighted by Crippen LogP contribution is 2.34. The fraction of sp³-hybridized carbons (Fsp3) is 0.600. The Morgan fingerprint density at radius 3 is 2.29 bits per heavy atom. The first-order valence-electron chi connectivity index (χ1n) is 7.52. The topological polar surface area (TPSA) is 83.4 Å². The molecule has 0 saturated heterocycles.